The highest BCUT2D eigenvalue weighted by Crippen LogP contribution is 2.15. The molecular formula is C14H16N2O3S. The normalized spacial score (nSPS) is 11.2. The van der Waals surface area contributed by atoms with Crippen molar-refractivity contribution < 1.29 is 8.42 Å². The Morgan fingerprint density at radius 1 is 1.15 bits per heavy atom. The van der Waals surface area contributed by atoms with Gasteiger partial charge in [-0.15, -0.1) is 0 Å². The van der Waals surface area contributed by atoms with Crippen LogP contribution in [-0.2, 0) is 16.4 Å². The van der Waals surface area contributed by atoms with E-state index < -0.39 is 15.5 Å². The topological polar surface area (TPSA) is 79.0 Å². The Kier molecular flexibility index (Phi) is 4.24. The molecule has 0 aliphatic rings. The number of hydrogen-bond donors (Lipinski definition) is 2. The van der Waals surface area contributed by atoms with Crippen LogP contribution < -0.4 is 10.2 Å². The number of aromatic nitrogens is 1. The summed E-state index contributed by atoms with van der Waals surface area (Å²) in [6.45, 7) is 2.08. The largest absolute Gasteiger partial charge is 0.366 e. The highest BCUT2D eigenvalue weighted by molar-refractivity contribution is 7.92. The van der Waals surface area contributed by atoms with Crippen LogP contribution in [0.5, 0.6) is 0 Å². The summed E-state index contributed by atoms with van der Waals surface area (Å²) in [6.07, 6.45) is 4.55. The molecule has 20 heavy (non-hydrogen) atoms. The summed E-state index contributed by atoms with van der Waals surface area (Å²) >= 11 is 0. The Balaban J connectivity index is 2.25. The number of pyridine rings is 1. The summed E-state index contributed by atoms with van der Waals surface area (Å²) in [7, 11) is -3.86. The van der Waals surface area contributed by atoms with E-state index in [4.69, 9.17) is 0 Å². The third-order valence-corrected chi connectivity index (χ3v) is 4.23. The predicted molar refractivity (Wildman–Crippen MR) is 78.3 cm³/mol. The van der Waals surface area contributed by atoms with E-state index in [0.717, 1.165) is 18.4 Å². The van der Waals surface area contributed by atoms with E-state index in [0.29, 0.717) is 5.69 Å². The van der Waals surface area contributed by atoms with Gasteiger partial charge in [0.05, 0.1) is 0 Å². The minimum atomic E-state index is -3.86. The molecule has 0 atom stereocenters. The molecule has 0 unspecified atom stereocenters. The number of anilines is 1. The van der Waals surface area contributed by atoms with Gasteiger partial charge in [0.2, 0.25) is 5.43 Å². The van der Waals surface area contributed by atoms with Gasteiger partial charge in [-0.25, -0.2) is 8.42 Å². The molecule has 0 amide bonds. The zero-order valence-electron chi connectivity index (χ0n) is 11.1. The lowest BCUT2D eigenvalue weighted by molar-refractivity contribution is 0.600. The average molecular weight is 292 g/mol. The van der Waals surface area contributed by atoms with Crippen LogP contribution in [0.15, 0.2) is 52.4 Å². The second kappa shape index (κ2) is 5.92. The van der Waals surface area contributed by atoms with Gasteiger partial charge in [-0.3, -0.25) is 9.52 Å². The van der Waals surface area contributed by atoms with Crippen molar-refractivity contribution in [3.63, 3.8) is 0 Å². The highest BCUT2D eigenvalue weighted by Gasteiger charge is 2.17. The van der Waals surface area contributed by atoms with Crippen LogP contribution in [0.1, 0.15) is 18.9 Å². The van der Waals surface area contributed by atoms with Crippen molar-refractivity contribution in [2.75, 3.05) is 4.72 Å². The number of H-pyrrole nitrogens is 1. The maximum Gasteiger partial charge on any atom is 0.267 e. The van der Waals surface area contributed by atoms with Crippen LogP contribution in [0.2, 0.25) is 0 Å². The van der Waals surface area contributed by atoms with Crippen molar-refractivity contribution >= 4 is 15.7 Å². The van der Waals surface area contributed by atoms with Crippen molar-refractivity contribution in [1.82, 2.24) is 4.98 Å². The molecule has 0 spiro atoms. The summed E-state index contributed by atoms with van der Waals surface area (Å²) in [6, 6.07) is 8.31. The van der Waals surface area contributed by atoms with Crippen LogP contribution in [0.4, 0.5) is 5.69 Å². The van der Waals surface area contributed by atoms with E-state index in [-0.39, 0.29) is 4.90 Å². The molecule has 2 rings (SSSR count). The van der Waals surface area contributed by atoms with Crippen LogP contribution in [-0.4, -0.2) is 13.4 Å². The predicted octanol–water partition coefficient (Wildman–Crippen LogP) is 2.13. The first kappa shape index (κ1) is 14.3. The van der Waals surface area contributed by atoms with Gasteiger partial charge in [0.25, 0.3) is 10.0 Å². The van der Waals surface area contributed by atoms with Crippen LogP contribution in [0, 0.1) is 0 Å². The molecular weight excluding hydrogens is 276 g/mol. The summed E-state index contributed by atoms with van der Waals surface area (Å²) < 4.78 is 26.6. The van der Waals surface area contributed by atoms with Gasteiger partial charge in [-0.05, 0) is 24.1 Å². The zero-order chi connectivity index (χ0) is 14.6. The fourth-order valence-corrected chi connectivity index (χ4v) is 2.96. The number of hydrogen-bond acceptors (Lipinski definition) is 3. The van der Waals surface area contributed by atoms with Gasteiger partial charge in [0, 0.05) is 24.1 Å². The SMILES string of the molecule is CCCc1ccc(NS(=O)(=O)c2c[nH]ccc2=O)cc1. The van der Waals surface area contributed by atoms with Gasteiger partial charge < -0.3 is 4.98 Å². The van der Waals surface area contributed by atoms with Crippen LogP contribution >= 0.6 is 0 Å². The van der Waals surface area contributed by atoms with Gasteiger partial charge in [0.1, 0.15) is 0 Å². The Morgan fingerprint density at radius 2 is 1.85 bits per heavy atom. The van der Waals surface area contributed by atoms with E-state index in [1.54, 1.807) is 12.1 Å². The lowest BCUT2D eigenvalue weighted by atomic mass is 10.1. The number of aryl methyl sites for hydroxylation is 1. The molecule has 6 heteroatoms. The fourth-order valence-electron chi connectivity index (χ4n) is 1.85. The molecule has 0 saturated heterocycles. The Labute approximate surface area is 117 Å². The Hall–Kier alpha value is -2.08. The summed E-state index contributed by atoms with van der Waals surface area (Å²) in [5, 5.41) is 0. The zero-order valence-corrected chi connectivity index (χ0v) is 11.9. The lowest BCUT2D eigenvalue weighted by Crippen LogP contribution is -2.20. The first-order valence-electron chi connectivity index (χ1n) is 6.32. The molecule has 1 aromatic carbocycles. The van der Waals surface area contributed by atoms with Gasteiger partial charge in [-0.2, -0.15) is 0 Å². The molecule has 0 aliphatic heterocycles. The molecule has 2 aromatic rings. The number of rotatable bonds is 5. The number of nitrogens with one attached hydrogen (secondary N) is 2. The van der Waals surface area contributed by atoms with E-state index in [2.05, 4.69) is 16.6 Å². The molecule has 0 fully saturated rings. The molecule has 106 valence electrons. The molecule has 0 saturated carbocycles. The quantitative estimate of drug-likeness (QED) is 0.886. The van der Waals surface area contributed by atoms with Gasteiger partial charge >= 0.3 is 0 Å². The second-order valence-corrected chi connectivity index (χ2v) is 6.08. The first-order chi connectivity index (χ1) is 9.53. The minimum Gasteiger partial charge on any atom is -0.366 e. The third-order valence-electron chi connectivity index (χ3n) is 2.82. The number of aromatic amines is 1. The lowest BCUT2D eigenvalue weighted by Gasteiger charge is -2.08. The van der Waals surface area contributed by atoms with Crippen molar-refractivity contribution in [3.05, 3.63) is 58.5 Å². The maximum absolute atomic E-state index is 12.1. The molecule has 0 radical (unpaired) electrons. The second-order valence-electron chi connectivity index (χ2n) is 4.43. The first-order valence-corrected chi connectivity index (χ1v) is 7.80. The molecule has 0 bridgehead atoms. The van der Waals surface area contributed by atoms with Crippen molar-refractivity contribution in [2.45, 2.75) is 24.7 Å². The molecule has 2 N–H and O–H groups in total. The van der Waals surface area contributed by atoms with Gasteiger partial charge in [0.15, 0.2) is 4.90 Å². The fraction of sp³-hybridized carbons (Fsp3) is 0.214. The minimum absolute atomic E-state index is 0.294. The molecule has 1 heterocycles. The van der Waals surface area contributed by atoms with E-state index in [1.807, 2.05) is 12.1 Å². The maximum atomic E-state index is 12.1. The smallest absolute Gasteiger partial charge is 0.267 e. The molecule has 1 aromatic heterocycles. The standard InChI is InChI=1S/C14H16N2O3S/c1-2-3-11-4-6-12(7-5-11)16-20(18,19)14-10-15-9-8-13(14)17/h4-10,16H,2-3H2,1H3,(H,15,17). The van der Waals surface area contributed by atoms with Crippen LogP contribution in [0.3, 0.4) is 0 Å². The Bertz CT molecular complexity index is 734. The van der Waals surface area contributed by atoms with Crippen molar-refractivity contribution in [2.24, 2.45) is 0 Å². The molecule has 5 nitrogen and oxygen atoms in total. The monoisotopic (exact) mass is 292 g/mol. The molecule has 0 aliphatic carbocycles. The van der Waals surface area contributed by atoms with E-state index >= 15 is 0 Å². The van der Waals surface area contributed by atoms with Crippen molar-refractivity contribution in [3.8, 4) is 0 Å². The highest BCUT2D eigenvalue weighted by atomic mass is 32.2. The number of benzene rings is 1. The Morgan fingerprint density at radius 3 is 2.45 bits per heavy atom. The average Bonchev–Trinajstić information content (AvgIpc) is 2.41. The summed E-state index contributed by atoms with van der Waals surface area (Å²) in [4.78, 5) is 13.9. The van der Waals surface area contributed by atoms with Crippen LogP contribution in [0.25, 0.3) is 0 Å². The van der Waals surface area contributed by atoms with Crippen molar-refractivity contribution in [1.29, 1.82) is 0 Å². The van der Waals surface area contributed by atoms with E-state index in [9.17, 15) is 13.2 Å². The summed E-state index contributed by atoms with van der Waals surface area (Å²) in [5.74, 6) is 0. The third kappa shape index (κ3) is 3.27. The van der Waals surface area contributed by atoms with E-state index in [1.165, 1.54) is 18.5 Å². The van der Waals surface area contributed by atoms with Gasteiger partial charge in [-0.1, -0.05) is 25.5 Å². The summed E-state index contributed by atoms with van der Waals surface area (Å²) in [5.41, 5.74) is 1.04. The number of sulfonamides is 1.